The maximum atomic E-state index is 11.3. The van der Waals surface area contributed by atoms with Crippen LogP contribution in [-0.2, 0) is 9.53 Å². The Balaban J connectivity index is 2.42. The molecule has 1 aliphatic rings. The fraction of sp³-hybridized carbons (Fsp3) is 0.750. The molecule has 2 heteroatoms. The number of esters is 1. The molecule has 0 bridgehead atoms. The van der Waals surface area contributed by atoms with Crippen molar-refractivity contribution < 1.29 is 9.53 Å². The van der Waals surface area contributed by atoms with Gasteiger partial charge in [-0.3, -0.25) is 4.79 Å². The van der Waals surface area contributed by atoms with E-state index in [1.807, 2.05) is 0 Å². The van der Waals surface area contributed by atoms with Gasteiger partial charge in [0, 0.05) is 6.42 Å². The van der Waals surface area contributed by atoms with Crippen LogP contribution < -0.4 is 0 Å². The van der Waals surface area contributed by atoms with E-state index in [0.717, 1.165) is 19.3 Å². The van der Waals surface area contributed by atoms with Crippen LogP contribution in [0.3, 0.4) is 0 Å². The van der Waals surface area contributed by atoms with E-state index in [-0.39, 0.29) is 23.4 Å². The summed E-state index contributed by atoms with van der Waals surface area (Å²) in [5.41, 5.74) is 0.0101. The molecule has 0 aliphatic carbocycles. The summed E-state index contributed by atoms with van der Waals surface area (Å²) in [5, 5.41) is 0. The molecule has 0 amide bonds. The van der Waals surface area contributed by atoms with E-state index >= 15 is 0 Å². The molecule has 0 aromatic heterocycles. The van der Waals surface area contributed by atoms with E-state index in [1.165, 1.54) is 0 Å². The highest BCUT2D eigenvalue weighted by atomic mass is 16.6. The Morgan fingerprint density at radius 1 is 1.50 bits per heavy atom. The molecule has 0 N–H and O–H groups in total. The Bertz CT molecular complexity index is 254. The molecule has 0 spiro atoms. The van der Waals surface area contributed by atoms with Gasteiger partial charge in [-0.05, 0) is 18.3 Å². The fourth-order valence-corrected chi connectivity index (χ4v) is 1.91. The van der Waals surface area contributed by atoms with Gasteiger partial charge in [-0.25, -0.2) is 0 Å². The first-order chi connectivity index (χ1) is 6.46. The highest BCUT2D eigenvalue weighted by Gasteiger charge is 2.48. The second kappa shape index (κ2) is 4.04. The van der Waals surface area contributed by atoms with Crippen molar-refractivity contribution in [2.75, 3.05) is 0 Å². The predicted octanol–water partition coefficient (Wildman–Crippen LogP) is 2.38. The zero-order valence-corrected chi connectivity index (χ0v) is 9.17. The molecule has 2 nitrogen and oxygen atoms in total. The number of rotatable bonds is 3. The van der Waals surface area contributed by atoms with Crippen molar-refractivity contribution >= 4 is 5.97 Å². The second-order valence-electron chi connectivity index (χ2n) is 4.92. The van der Waals surface area contributed by atoms with Crippen molar-refractivity contribution in [2.24, 2.45) is 11.3 Å². The molecule has 1 heterocycles. The van der Waals surface area contributed by atoms with Crippen molar-refractivity contribution in [3.63, 3.8) is 0 Å². The van der Waals surface area contributed by atoms with E-state index in [9.17, 15) is 4.79 Å². The minimum absolute atomic E-state index is 0.0101. The standard InChI is InChI=1S/C12H18O2/c1-5-6-7-8-9-10(11(13)14-9)12(2,3)4/h1,9-10H,6-8H2,2-4H3. The van der Waals surface area contributed by atoms with Crippen LogP contribution in [-0.4, -0.2) is 12.1 Å². The van der Waals surface area contributed by atoms with Gasteiger partial charge in [-0.15, -0.1) is 12.3 Å². The normalized spacial score (nSPS) is 26.3. The van der Waals surface area contributed by atoms with Crippen LogP contribution in [0.1, 0.15) is 40.0 Å². The number of terminal acetylenes is 1. The molecule has 78 valence electrons. The third kappa shape index (κ3) is 2.29. The third-order valence-corrected chi connectivity index (χ3v) is 2.64. The first-order valence-electron chi connectivity index (χ1n) is 5.11. The molecule has 1 saturated heterocycles. The first kappa shape index (κ1) is 11.1. The van der Waals surface area contributed by atoms with Gasteiger partial charge in [0.1, 0.15) is 6.10 Å². The summed E-state index contributed by atoms with van der Waals surface area (Å²) in [5.74, 6) is 2.60. The molecule has 14 heavy (non-hydrogen) atoms. The van der Waals surface area contributed by atoms with Crippen LogP contribution in [0.2, 0.25) is 0 Å². The van der Waals surface area contributed by atoms with Crippen molar-refractivity contribution in [1.29, 1.82) is 0 Å². The van der Waals surface area contributed by atoms with Gasteiger partial charge in [0.2, 0.25) is 0 Å². The predicted molar refractivity (Wildman–Crippen MR) is 55.5 cm³/mol. The van der Waals surface area contributed by atoms with Gasteiger partial charge >= 0.3 is 5.97 Å². The quantitative estimate of drug-likeness (QED) is 0.392. The van der Waals surface area contributed by atoms with E-state index in [4.69, 9.17) is 11.2 Å². The van der Waals surface area contributed by atoms with E-state index < -0.39 is 0 Å². The summed E-state index contributed by atoms with van der Waals surface area (Å²) in [6.07, 6.45) is 7.87. The Morgan fingerprint density at radius 3 is 2.57 bits per heavy atom. The molecule has 1 aliphatic heterocycles. The number of unbranched alkanes of at least 4 members (excludes halogenated alkanes) is 1. The van der Waals surface area contributed by atoms with E-state index in [2.05, 4.69) is 26.7 Å². The molecule has 2 atom stereocenters. The Hall–Kier alpha value is -0.970. The SMILES string of the molecule is C#CCCCC1OC(=O)C1C(C)(C)C. The maximum Gasteiger partial charge on any atom is 0.313 e. The molecule has 0 radical (unpaired) electrons. The van der Waals surface area contributed by atoms with Crippen molar-refractivity contribution in [2.45, 2.75) is 46.1 Å². The zero-order valence-electron chi connectivity index (χ0n) is 9.17. The van der Waals surface area contributed by atoms with Crippen LogP contribution in [0, 0.1) is 23.7 Å². The van der Waals surface area contributed by atoms with Crippen molar-refractivity contribution in [3.8, 4) is 12.3 Å². The largest absolute Gasteiger partial charge is 0.461 e. The number of hydrogen-bond acceptors (Lipinski definition) is 2. The number of cyclic esters (lactones) is 1. The number of carbonyl (C=O) groups excluding carboxylic acids is 1. The van der Waals surface area contributed by atoms with Crippen LogP contribution in [0.5, 0.6) is 0 Å². The molecule has 0 saturated carbocycles. The Kier molecular flexibility index (Phi) is 3.21. The average molecular weight is 194 g/mol. The van der Waals surface area contributed by atoms with Crippen molar-refractivity contribution in [1.82, 2.24) is 0 Å². The number of ether oxygens (including phenoxy) is 1. The molecule has 2 unspecified atom stereocenters. The van der Waals surface area contributed by atoms with Gasteiger partial charge in [-0.1, -0.05) is 20.8 Å². The van der Waals surface area contributed by atoms with Crippen LogP contribution in [0.25, 0.3) is 0 Å². The summed E-state index contributed by atoms with van der Waals surface area (Å²) in [4.78, 5) is 11.3. The smallest absolute Gasteiger partial charge is 0.313 e. The highest BCUT2D eigenvalue weighted by Crippen LogP contribution is 2.40. The zero-order chi connectivity index (χ0) is 10.8. The summed E-state index contributed by atoms with van der Waals surface area (Å²) in [6, 6.07) is 0. The minimum Gasteiger partial charge on any atom is -0.461 e. The van der Waals surface area contributed by atoms with Crippen LogP contribution in [0.4, 0.5) is 0 Å². The first-order valence-corrected chi connectivity index (χ1v) is 5.11. The van der Waals surface area contributed by atoms with E-state index in [0.29, 0.717) is 0 Å². The van der Waals surface area contributed by atoms with Crippen molar-refractivity contribution in [3.05, 3.63) is 0 Å². The van der Waals surface area contributed by atoms with Crippen LogP contribution >= 0.6 is 0 Å². The van der Waals surface area contributed by atoms with Crippen LogP contribution in [0.15, 0.2) is 0 Å². The number of hydrogen-bond donors (Lipinski definition) is 0. The lowest BCUT2D eigenvalue weighted by Crippen LogP contribution is -2.51. The topological polar surface area (TPSA) is 26.3 Å². The molecule has 1 fully saturated rings. The van der Waals surface area contributed by atoms with Gasteiger partial charge in [0.05, 0.1) is 5.92 Å². The lowest BCUT2D eigenvalue weighted by atomic mass is 9.73. The summed E-state index contributed by atoms with van der Waals surface area (Å²) in [7, 11) is 0. The van der Waals surface area contributed by atoms with Gasteiger partial charge in [-0.2, -0.15) is 0 Å². The average Bonchev–Trinajstić information content (AvgIpc) is 1.99. The molecular formula is C12H18O2. The summed E-state index contributed by atoms with van der Waals surface area (Å²) < 4.78 is 5.12. The van der Waals surface area contributed by atoms with Gasteiger partial charge < -0.3 is 4.74 Å². The Morgan fingerprint density at radius 2 is 2.14 bits per heavy atom. The summed E-state index contributed by atoms with van der Waals surface area (Å²) >= 11 is 0. The number of carbonyl (C=O) groups is 1. The lowest BCUT2D eigenvalue weighted by Gasteiger charge is -2.42. The fourth-order valence-electron chi connectivity index (χ4n) is 1.91. The Labute approximate surface area is 86.0 Å². The summed E-state index contributed by atoms with van der Waals surface area (Å²) in [6.45, 7) is 6.23. The third-order valence-electron chi connectivity index (χ3n) is 2.64. The lowest BCUT2D eigenvalue weighted by molar-refractivity contribution is -0.196. The minimum atomic E-state index is -0.0526. The molecule has 1 rings (SSSR count). The van der Waals surface area contributed by atoms with E-state index in [1.54, 1.807) is 0 Å². The van der Waals surface area contributed by atoms with Gasteiger partial charge in [0.15, 0.2) is 0 Å². The molecular weight excluding hydrogens is 176 g/mol. The molecule has 0 aromatic carbocycles. The second-order valence-corrected chi connectivity index (χ2v) is 4.92. The van der Waals surface area contributed by atoms with Gasteiger partial charge in [0.25, 0.3) is 0 Å². The molecule has 0 aromatic rings. The maximum absolute atomic E-state index is 11.3. The highest BCUT2D eigenvalue weighted by molar-refractivity contribution is 5.79. The monoisotopic (exact) mass is 194 g/mol.